The van der Waals surface area contributed by atoms with Gasteiger partial charge in [0, 0.05) is 30.7 Å². The number of para-hydroxylation sites is 1. The lowest BCUT2D eigenvalue weighted by Crippen LogP contribution is -2.10. The number of rotatable bonds is 14. The summed E-state index contributed by atoms with van der Waals surface area (Å²) in [6.45, 7) is 6.26. The molecule has 0 saturated heterocycles. The van der Waals surface area contributed by atoms with E-state index in [4.69, 9.17) is 23.9 Å². The van der Waals surface area contributed by atoms with E-state index in [-0.39, 0.29) is 13.6 Å². The molecule has 3 aromatic carbocycles. The van der Waals surface area contributed by atoms with Gasteiger partial charge in [-0.2, -0.15) is 9.97 Å². The molecular weight excluding hydrogens is 524 g/mol. The van der Waals surface area contributed by atoms with Crippen molar-refractivity contribution in [1.29, 1.82) is 0 Å². The molecule has 4 rings (SSSR count). The molecule has 0 radical (unpaired) electrons. The van der Waals surface area contributed by atoms with Crippen LogP contribution in [0.4, 0.5) is 11.6 Å². The molecule has 0 unspecified atom stereocenters. The third kappa shape index (κ3) is 9.32. The van der Waals surface area contributed by atoms with Gasteiger partial charge in [0.05, 0.1) is 0 Å². The Bertz CT molecular complexity index is 1420. The lowest BCUT2D eigenvalue weighted by atomic mass is 10.1. The summed E-state index contributed by atoms with van der Waals surface area (Å²) in [4.78, 5) is 36.5. The van der Waals surface area contributed by atoms with Crippen LogP contribution in [0.1, 0.15) is 22.8 Å². The number of anilines is 2. The molecule has 41 heavy (non-hydrogen) atoms. The summed E-state index contributed by atoms with van der Waals surface area (Å²) >= 11 is 0. The lowest BCUT2D eigenvalue weighted by molar-refractivity contribution is -0.145. The van der Waals surface area contributed by atoms with Crippen molar-refractivity contribution in [2.75, 3.05) is 18.9 Å². The Morgan fingerprint density at radius 1 is 0.683 bits per heavy atom. The molecule has 0 aliphatic heterocycles. The molecule has 10 nitrogen and oxygen atoms in total. The van der Waals surface area contributed by atoms with Crippen LogP contribution in [-0.4, -0.2) is 40.5 Å². The third-order valence-electron chi connectivity index (χ3n) is 5.47. The maximum absolute atomic E-state index is 11.3. The van der Waals surface area contributed by atoms with Crippen LogP contribution in [0.25, 0.3) is 0 Å². The van der Waals surface area contributed by atoms with Gasteiger partial charge in [0.2, 0.25) is 19.5 Å². The lowest BCUT2D eigenvalue weighted by Gasteiger charge is -2.11. The summed E-state index contributed by atoms with van der Waals surface area (Å²) < 4.78 is 20.8. The zero-order valence-corrected chi connectivity index (χ0v) is 22.2. The smallest absolute Gasteiger partial charge is 0.333 e. The number of hydrogen-bond acceptors (Lipinski definition) is 10. The highest BCUT2D eigenvalue weighted by Crippen LogP contribution is 2.20. The van der Waals surface area contributed by atoms with Crippen molar-refractivity contribution in [3.63, 3.8) is 0 Å². The van der Waals surface area contributed by atoms with E-state index in [1.807, 2.05) is 66.7 Å². The van der Waals surface area contributed by atoms with E-state index in [1.165, 1.54) is 0 Å². The van der Waals surface area contributed by atoms with Crippen LogP contribution in [0.5, 0.6) is 11.5 Å². The second kappa shape index (κ2) is 14.6. The highest BCUT2D eigenvalue weighted by Gasteiger charge is 2.11. The van der Waals surface area contributed by atoms with Gasteiger partial charge in [-0.3, -0.25) is 0 Å². The first kappa shape index (κ1) is 28.5. The van der Waals surface area contributed by atoms with Crippen molar-refractivity contribution in [2.24, 2.45) is 0 Å². The Morgan fingerprint density at radius 2 is 1.20 bits per heavy atom. The molecular formula is C31H28N4O6. The fourth-order valence-electron chi connectivity index (χ4n) is 3.62. The summed E-state index contributed by atoms with van der Waals surface area (Å²) in [7, 11) is 0. The van der Waals surface area contributed by atoms with E-state index in [2.05, 4.69) is 28.4 Å². The van der Waals surface area contributed by atoms with Gasteiger partial charge in [-0.15, -0.1) is 0 Å². The van der Waals surface area contributed by atoms with Crippen LogP contribution in [0.2, 0.25) is 0 Å². The minimum absolute atomic E-state index is 0.227. The maximum atomic E-state index is 11.3. The van der Waals surface area contributed by atoms with Crippen molar-refractivity contribution in [2.45, 2.75) is 12.8 Å². The minimum atomic E-state index is -0.564. The number of nitrogens with one attached hydrogen (secondary N) is 1. The van der Waals surface area contributed by atoms with Crippen LogP contribution in [0.15, 0.2) is 104 Å². The molecule has 0 spiro atoms. The first-order valence-corrected chi connectivity index (χ1v) is 12.6. The molecule has 0 atom stereocenters. The van der Waals surface area contributed by atoms with Crippen LogP contribution in [0.3, 0.4) is 0 Å². The zero-order valence-electron chi connectivity index (χ0n) is 22.2. The van der Waals surface area contributed by atoms with Crippen molar-refractivity contribution >= 4 is 23.6 Å². The second-order valence-electron chi connectivity index (χ2n) is 8.49. The van der Waals surface area contributed by atoms with Gasteiger partial charge in [-0.05, 0) is 47.5 Å². The molecule has 10 heteroatoms. The van der Waals surface area contributed by atoms with Crippen molar-refractivity contribution < 1.29 is 28.5 Å². The summed E-state index contributed by atoms with van der Waals surface area (Å²) in [5.74, 6) is 1.44. The first-order chi connectivity index (χ1) is 20.0. The normalized spacial score (nSPS) is 10.2. The SMILES string of the molecule is C=CC(=O)OCOc1cccc(Cc2nc(Cc3cccc(OCOC(=O)C=C)c3)nc(Nc3ccccc3)n2)c1. The van der Waals surface area contributed by atoms with E-state index >= 15 is 0 Å². The van der Waals surface area contributed by atoms with Crippen LogP contribution >= 0.6 is 0 Å². The quantitative estimate of drug-likeness (QED) is 0.131. The number of carbonyl (C=O) groups excluding carboxylic acids is 2. The highest BCUT2D eigenvalue weighted by atomic mass is 16.7. The largest absolute Gasteiger partial charge is 0.457 e. The Morgan fingerprint density at radius 3 is 1.68 bits per heavy atom. The summed E-state index contributed by atoms with van der Waals surface area (Å²) in [6, 6.07) is 24.3. The number of aromatic nitrogens is 3. The molecule has 0 fully saturated rings. The van der Waals surface area contributed by atoms with E-state index < -0.39 is 11.9 Å². The Balaban J connectivity index is 1.52. The molecule has 0 aliphatic rings. The zero-order chi connectivity index (χ0) is 28.9. The number of nitrogens with zero attached hydrogens (tertiary/aromatic N) is 3. The van der Waals surface area contributed by atoms with E-state index in [1.54, 1.807) is 12.1 Å². The summed E-state index contributed by atoms with van der Waals surface area (Å²) in [6.07, 6.45) is 2.95. The van der Waals surface area contributed by atoms with Gasteiger partial charge >= 0.3 is 11.9 Å². The van der Waals surface area contributed by atoms with Crippen molar-refractivity contribution in [3.05, 3.63) is 127 Å². The third-order valence-corrected chi connectivity index (χ3v) is 5.47. The monoisotopic (exact) mass is 552 g/mol. The predicted octanol–water partition coefficient (Wildman–Crippen LogP) is 4.93. The van der Waals surface area contributed by atoms with Crippen molar-refractivity contribution in [3.8, 4) is 11.5 Å². The number of hydrogen-bond donors (Lipinski definition) is 1. The molecule has 0 saturated carbocycles. The number of esters is 2. The van der Waals surface area contributed by atoms with Gasteiger partial charge in [-0.1, -0.05) is 55.6 Å². The van der Waals surface area contributed by atoms with Gasteiger partial charge in [-0.25, -0.2) is 14.6 Å². The molecule has 1 heterocycles. The molecule has 0 amide bonds. The predicted molar refractivity (Wildman–Crippen MR) is 152 cm³/mol. The fourth-order valence-corrected chi connectivity index (χ4v) is 3.62. The van der Waals surface area contributed by atoms with E-state index in [0.29, 0.717) is 41.9 Å². The maximum Gasteiger partial charge on any atom is 0.333 e. The van der Waals surface area contributed by atoms with Crippen molar-refractivity contribution in [1.82, 2.24) is 15.0 Å². The van der Waals surface area contributed by atoms with Crippen LogP contribution in [0, 0.1) is 0 Å². The Labute approximate surface area is 237 Å². The molecule has 1 N–H and O–H groups in total. The number of ether oxygens (including phenoxy) is 4. The molecule has 0 bridgehead atoms. The average Bonchev–Trinajstić information content (AvgIpc) is 2.98. The Kier molecular flexibility index (Phi) is 10.1. The minimum Gasteiger partial charge on any atom is -0.457 e. The average molecular weight is 553 g/mol. The van der Waals surface area contributed by atoms with E-state index in [9.17, 15) is 9.59 Å². The molecule has 4 aromatic rings. The fraction of sp³-hybridized carbons (Fsp3) is 0.129. The Hall–Kier alpha value is -5.51. The van der Waals surface area contributed by atoms with E-state index in [0.717, 1.165) is 29.0 Å². The summed E-state index contributed by atoms with van der Waals surface area (Å²) in [5.41, 5.74) is 2.62. The van der Waals surface area contributed by atoms with Gasteiger partial charge in [0.25, 0.3) is 0 Å². The first-order valence-electron chi connectivity index (χ1n) is 12.6. The molecule has 0 aliphatic carbocycles. The number of benzene rings is 3. The molecule has 208 valence electrons. The topological polar surface area (TPSA) is 122 Å². The summed E-state index contributed by atoms with van der Waals surface area (Å²) in [5, 5.41) is 3.24. The number of carbonyl (C=O) groups is 2. The van der Waals surface area contributed by atoms with Crippen LogP contribution in [-0.2, 0) is 31.9 Å². The van der Waals surface area contributed by atoms with Gasteiger partial charge < -0.3 is 24.3 Å². The standard InChI is InChI=1S/C31H28N4O6/c1-3-29(36)40-20-38-25-14-8-10-22(16-25)18-27-33-28(35-31(34-27)32-24-12-6-5-7-13-24)19-23-11-9-15-26(17-23)39-21-41-30(37)4-2/h3-17H,1-2,18-21H2,(H,32,33,34,35). The van der Waals surface area contributed by atoms with Gasteiger partial charge in [0.1, 0.15) is 23.1 Å². The molecule has 1 aromatic heterocycles. The van der Waals surface area contributed by atoms with Crippen LogP contribution < -0.4 is 14.8 Å². The highest BCUT2D eigenvalue weighted by molar-refractivity contribution is 5.81. The second-order valence-corrected chi connectivity index (χ2v) is 8.49. The van der Waals surface area contributed by atoms with Gasteiger partial charge in [0.15, 0.2) is 0 Å².